The normalized spacial score (nSPS) is 22.6. The average Bonchev–Trinajstić information content (AvgIpc) is 2.27. The lowest BCUT2D eigenvalue weighted by Crippen LogP contribution is -2.47. The summed E-state index contributed by atoms with van der Waals surface area (Å²) in [5.41, 5.74) is 0.131. The summed E-state index contributed by atoms with van der Waals surface area (Å²) < 4.78 is 11.9. The molecule has 1 saturated heterocycles. The number of terminal acetylenes is 1. The number of unbranched alkanes of at least 4 members (excludes halogenated alkanes) is 1. The van der Waals surface area contributed by atoms with Gasteiger partial charge in [-0.15, -0.1) is 12.3 Å². The summed E-state index contributed by atoms with van der Waals surface area (Å²) in [5.74, 6) is 2.27. The Kier molecular flexibility index (Phi) is 4.83. The van der Waals surface area contributed by atoms with Crippen molar-refractivity contribution in [3.05, 3.63) is 0 Å². The number of hydrogen-bond acceptors (Lipinski definition) is 2. The molecule has 0 aliphatic carbocycles. The third-order valence-corrected chi connectivity index (χ3v) is 3.01. The van der Waals surface area contributed by atoms with Crippen molar-refractivity contribution in [2.45, 2.75) is 58.7 Å². The summed E-state index contributed by atoms with van der Waals surface area (Å²) in [7, 11) is 0. The van der Waals surface area contributed by atoms with Gasteiger partial charge in [-0.2, -0.15) is 0 Å². The highest BCUT2D eigenvalue weighted by Gasteiger charge is 2.39. The minimum absolute atomic E-state index is 0.131. The molecule has 0 spiro atoms. The van der Waals surface area contributed by atoms with Crippen LogP contribution < -0.4 is 0 Å². The standard InChI is InChI=1S/C14H24O2/c1-5-7-9-14(10-8-6-2)15-11-13(3,4)12-16-14/h1H,6-12H2,2-4H3. The van der Waals surface area contributed by atoms with Crippen LogP contribution in [0.25, 0.3) is 0 Å². The molecule has 1 heterocycles. The van der Waals surface area contributed by atoms with E-state index in [1.807, 2.05) is 0 Å². The molecule has 0 atom stereocenters. The first-order valence-corrected chi connectivity index (χ1v) is 6.25. The van der Waals surface area contributed by atoms with E-state index in [4.69, 9.17) is 15.9 Å². The van der Waals surface area contributed by atoms with Gasteiger partial charge >= 0.3 is 0 Å². The molecule has 0 aromatic carbocycles. The van der Waals surface area contributed by atoms with Crippen LogP contribution in [0.4, 0.5) is 0 Å². The van der Waals surface area contributed by atoms with Gasteiger partial charge in [0.15, 0.2) is 5.79 Å². The van der Waals surface area contributed by atoms with Gasteiger partial charge in [0, 0.05) is 24.7 Å². The molecule has 0 unspecified atom stereocenters. The minimum Gasteiger partial charge on any atom is -0.349 e. The van der Waals surface area contributed by atoms with Gasteiger partial charge in [-0.25, -0.2) is 0 Å². The topological polar surface area (TPSA) is 18.5 Å². The zero-order valence-electron chi connectivity index (χ0n) is 10.8. The van der Waals surface area contributed by atoms with Crippen molar-refractivity contribution < 1.29 is 9.47 Å². The maximum absolute atomic E-state index is 5.97. The van der Waals surface area contributed by atoms with E-state index in [0.717, 1.165) is 45.3 Å². The Morgan fingerprint density at radius 1 is 1.19 bits per heavy atom. The van der Waals surface area contributed by atoms with Crippen LogP contribution in [0.15, 0.2) is 0 Å². The van der Waals surface area contributed by atoms with E-state index in [0.29, 0.717) is 0 Å². The van der Waals surface area contributed by atoms with E-state index in [9.17, 15) is 0 Å². The van der Waals surface area contributed by atoms with Crippen molar-refractivity contribution >= 4 is 0 Å². The maximum atomic E-state index is 5.97. The summed E-state index contributed by atoms with van der Waals surface area (Å²) in [6.45, 7) is 8.04. The van der Waals surface area contributed by atoms with Crippen LogP contribution in [0.3, 0.4) is 0 Å². The van der Waals surface area contributed by atoms with Gasteiger partial charge in [0.1, 0.15) is 0 Å². The smallest absolute Gasteiger partial charge is 0.169 e. The van der Waals surface area contributed by atoms with Crippen LogP contribution in [0.5, 0.6) is 0 Å². The van der Waals surface area contributed by atoms with Crippen LogP contribution in [0, 0.1) is 17.8 Å². The molecule has 0 radical (unpaired) electrons. The Hall–Kier alpha value is -0.520. The van der Waals surface area contributed by atoms with Crippen molar-refractivity contribution in [2.24, 2.45) is 5.41 Å². The molecule has 2 heteroatoms. The molecule has 1 fully saturated rings. The fraction of sp³-hybridized carbons (Fsp3) is 0.857. The Labute approximate surface area is 99.7 Å². The molecule has 92 valence electrons. The van der Waals surface area contributed by atoms with E-state index in [2.05, 4.69) is 26.7 Å². The number of ether oxygens (including phenoxy) is 2. The van der Waals surface area contributed by atoms with Crippen molar-refractivity contribution in [3.8, 4) is 12.3 Å². The fourth-order valence-corrected chi connectivity index (χ4v) is 1.86. The second-order valence-corrected chi connectivity index (χ2v) is 5.46. The molecule has 2 nitrogen and oxygen atoms in total. The molecule has 16 heavy (non-hydrogen) atoms. The third kappa shape index (κ3) is 3.81. The molecule has 0 aromatic heterocycles. The second kappa shape index (κ2) is 5.70. The van der Waals surface area contributed by atoms with Crippen molar-refractivity contribution in [3.63, 3.8) is 0 Å². The third-order valence-electron chi connectivity index (χ3n) is 3.01. The predicted molar refractivity (Wildman–Crippen MR) is 66.0 cm³/mol. The van der Waals surface area contributed by atoms with Gasteiger partial charge in [-0.3, -0.25) is 0 Å². The minimum atomic E-state index is -0.405. The van der Waals surface area contributed by atoms with E-state index in [1.54, 1.807) is 0 Å². The Morgan fingerprint density at radius 2 is 1.81 bits per heavy atom. The second-order valence-electron chi connectivity index (χ2n) is 5.46. The zero-order chi connectivity index (χ0) is 12.1. The molecule has 0 aromatic rings. The fourth-order valence-electron chi connectivity index (χ4n) is 1.86. The number of rotatable bonds is 5. The van der Waals surface area contributed by atoms with Gasteiger partial charge in [0.2, 0.25) is 0 Å². The summed E-state index contributed by atoms with van der Waals surface area (Å²) in [6.07, 6.45) is 10.1. The van der Waals surface area contributed by atoms with Gasteiger partial charge in [0.05, 0.1) is 13.2 Å². The van der Waals surface area contributed by atoms with Crippen molar-refractivity contribution in [1.82, 2.24) is 0 Å². The van der Waals surface area contributed by atoms with Gasteiger partial charge in [-0.1, -0.05) is 27.2 Å². The van der Waals surface area contributed by atoms with Crippen LogP contribution in [-0.2, 0) is 9.47 Å². The molecule has 0 saturated carbocycles. The summed E-state index contributed by atoms with van der Waals surface area (Å²) in [6, 6.07) is 0. The monoisotopic (exact) mass is 224 g/mol. The van der Waals surface area contributed by atoms with E-state index >= 15 is 0 Å². The first-order valence-electron chi connectivity index (χ1n) is 6.25. The first-order chi connectivity index (χ1) is 7.54. The Bertz CT molecular complexity index is 240. The SMILES string of the molecule is C#CCCC1(CCCC)OCC(C)(C)CO1. The molecule has 1 aliphatic rings. The predicted octanol–water partition coefficient (Wildman–Crippen LogP) is 3.36. The van der Waals surface area contributed by atoms with Crippen molar-refractivity contribution in [2.75, 3.05) is 13.2 Å². The van der Waals surface area contributed by atoms with Gasteiger partial charge in [-0.05, 0) is 6.42 Å². The lowest BCUT2D eigenvalue weighted by molar-refractivity contribution is -0.304. The van der Waals surface area contributed by atoms with Gasteiger partial charge < -0.3 is 9.47 Å². The molecule has 0 N–H and O–H groups in total. The zero-order valence-corrected chi connectivity index (χ0v) is 10.8. The van der Waals surface area contributed by atoms with Crippen LogP contribution in [0.1, 0.15) is 52.9 Å². The lowest BCUT2D eigenvalue weighted by Gasteiger charge is -2.43. The highest BCUT2D eigenvalue weighted by atomic mass is 16.7. The molecule has 0 bridgehead atoms. The Balaban J connectivity index is 2.55. The molecule has 1 aliphatic heterocycles. The highest BCUT2D eigenvalue weighted by molar-refractivity contribution is 4.88. The Morgan fingerprint density at radius 3 is 2.31 bits per heavy atom. The average molecular weight is 224 g/mol. The molecule has 0 amide bonds. The lowest BCUT2D eigenvalue weighted by atomic mass is 9.92. The molecule has 1 rings (SSSR count). The maximum Gasteiger partial charge on any atom is 0.169 e. The highest BCUT2D eigenvalue weighted by Crippen LogP contribution is 2.35. The summed E-state index contributed by atoms with van der Waals surface area (Å²) in [5, 5.41) is 0. The summed E-state index contributed by atoms with van der Waals surface area (Å²) in [4.78, 5) is 0. The summed E-state index contributed by atoms with van der Waals surface area (Å²) >= 11 is 0. The van der Waals surface area contributed by atoms with Crippen molar-refractivity contribution in [1.29, 1.82) is 0 Å². The largest absolute Gasteiger partial charge is 0.349 e. The van der Waals surface area contributed by atoms with E-state index in [1.165, 1.54) is 0 Å². The first kappa shape index (κ1) is 13.5. The quantitative estimate of drug-likeness (QED) is 0.667. The molecular formula is C14H24O2. The van der Waals surface area contributed by atoms with Crippen LogP contribution >= 0.6 is 0 Å². The molecular weight excluding hydrogens is 200 g/mol. The van der Waals surface area contributed by atoms with E-state index < -0.39 is 5.79 Å². The van der Waals surface area contributed by atoms with Crippen LogP contribution in [0.2, 0.25) is 0 Å². The van der Waals surface area contributed by atoms with Gasteiger partial charge in [0.25, 0.3) is 0 Å². The number of hydrogen-bond donors (Lipinski definition) is 0. The van der Waals surface area contributed by atoms with E-state index in [-0.39, 0.29) is 5.41 Å². The van der Waals surface area contributed by atoms with Crippen LogP contribution in [-0.4, -0.2) is 19.0 Å².